The Hall–Kier alpha value is -2.91. The van der Waals surface area contributed by atoms with Crippen LogP contribution in [0.5, 0.6) is 11.5 Å². The first-order chi connectivity index (χ1) is 16.6. The van der Waals surface area contributed by atoms with E-state index in [2.05, 4.69) is 9.88 Å². The van der Waals surface area contributed by atoms with Crippen molar-refractivity contribution in [3.63, 3.8) is 0 Å². The van der Waals surface area contributed by atoms with Crippen LogP contribution >= 0.6 is 11.3 Å². The van der Waals surface area contributed by atoms with Crippen molar-refractivity contribution >= 4 is 27.5 Å². The maximum atomic E-state index is 12.8. The Kier molecular flexibility index (Phi) is 5.74. The molecule has 34 heavy (non-hydrogen) atoms. The fourth-order valence-electron chi connectivity index (χ4n) is 5.16. The number of ether oxygens (including phenoxy) is 2. The Labute approximate surface area is 201 Å². The topological polar surface area (TPSA) is 87.8 Å². The molecule has 1 fully saturated rings. The molecule has 6 rings (SSSR count). The Morgan fingerprint density at radius 2 is 1.91 bits per heavy atom. The number of nitrogens with one attached hydrogen (secondary N) is 1. The third kappa shape index (κ3) is 4.18. The summed E-state index contributed by atoms with van der Waals surface area (Å²) in [6.07, 6.45) is 5.57. The number of H-pyrrole nitrogens is 1. The van der Waals surface area contributed by atoms with Crippen LogP contribution in [0.3, 0.4) is 0 Å². The molecule has 9 heteroatoms. The van der Waals surface area contributed by atoms with Gasteiger partial charge in [-0.2, -0.15) is 0 Å². The number of hydrogen-bond donors (Lipinski definition) is 1. The van der Waals surface area contributed by atoms with Crippen LogP contribution in [0.15, 0.2) is 23.0 Å². The minimum Gasteiger partial charge on any atom is -0.454 e. The Morgan fingerprint density at radius 1 is 1.09 bits per heavy atom. The monoisotopic (exact) mass is 480 g/mol. The van der Waals surface area contributed by atoms with E-state index in [0.717, 1.165) is 65.5 Å². The van der Waals surface area contributed by atoms with Crippen molar-refractivity contribution in [1.29, 1.82) is 0 Å². The maximum Gasteiger partial charge on any atom is 0.259 e. The molecule has 2 aromatic heterocycles. The molecule has 1 N–H and O–H groups in total. The lowest BCUT2D eigenvalue weighted by Crippen LogP contribution is -2.48. The van der Waals surface area contributed by atoms with Gasteiger partial charge in [0.15, 0.2) is 11.5 Å². The average molecular weight is 481 g/mol. The predicted octanol–water partition coefficient (Wildman–Crippen LogP) is 2.87. The summed E-state index contributed by atoms with van der Waals surface area (Å²) >= 11 is 1.69. The molecule has 8 nitrogen and oxygen atoms in total. The number of aromatic nitrogens is 2. The number of fused-ring (bicyclic) bond motifs is 4. The summed E-state index contributed by atoms with van der Waals surface area (Å²) in [5.41, 5.74) is 2.30. The smallest absolute Gasteiger partial charge is 0.259 e. The lowest BCUT2D eigenvalue weighted by Gasteiger charge is -2.34. The molecule has 2 aliphatic heterocycles. The molecule has 0 saturated carbocycles. The van der Waals surface area contributed by atoms with Crippen molar-refractivity contribution in [3.8, 4) is 11.5 Å². The first-order valence-corrected chi connectivity index (χ1v) is 12.9. The summed E-state index contributed by atoms with van der Waals surface area (Å²) in [5.74, 6) is 2.42. The van der Waals surface area contributed by atoms with Crippen LogP contribution in [0.4, 0.5) is 0 Å². The highest BCUT2D eigenvalue weighted by Crippen LogP contribution is 2.34. The van der Waals surface area contributed by atoms with Crippen molar-refractivity contribution in [2.45, 2.75) is 45.1 Å². The Bertz CT molecular complexity index is 1290. The van der Waals surface area contributed by atoms with Crippen molar-refractivity contribution in [2.75, 3.05) is 33.0 Å². The van der Waals surface area contributed by atoms with Crippen LogP contribution < -0.4 is 15.0 Å². The highest BCUT2D eigenvalue weighted by atomic mass is 32.1. The van der Waals surface area contributed by atoms with E-state index in [1.165, 1.54) is 16.9 Å². The second-order valence-corrected chi connectivity index (χ2v) is 10.3. The first kappa shape index (κ1) is 21.6. The molecule has 1 saturated heterocycles. The molecule has 0 spiro atoms. The molecule has 4 heterocycles. The van der Waals surface area contributed by atoms with Gasteiger partial charge in [0.1, 0.15) is 10.7 Å². The molecule has 0 atom stereocenters. The van der Waals surface area contributed by atoms with Gasteiger partial charge >= 0.3 is 0 Å². The summed E-state index contributed by atoms with van der Waals surface area (Å²) < 4.78 is 10.8. The number of benzene rings is 1. The number of nitrogens with zero attached hydrogens (tertiary/aromatic N) is 3. The third-order valence-corrected chi connectivity index (χ3v) is 8.22. The zero-order valence-corrected chi connectivity index (χ0v) is 19.9. The van der Waals surface area contributed by atoms with E-state index in [9.17, 15) is 9.59 Å². The van der Waals surface area contributed by atoms with E-state index < -0.39 is 0 Å². The first-order valence-electron chi connectivity index (χ1n) is 12.1. The van der Waals surface area contributed by atoms with Crippen molar-refractivity contribution in [2.24, 2.45) is 0 Å². The van der Waals surface area contributed by atoms with Gasteiger partial charge in [-0.15, -0.1) is 11.3 Å². The van der Waals surface area contributed by atoms with E-state index in [4.69, 9.17) is 14.5 Å². The van der Waals surface area contributed by atoms with Crippen molar-refractivity contribution < 1.29 is 14.3 Å². The third-order valence-electron chi connectivity index (χ3n) is 7.04. The van der Waals surface area contributed by atoms with Gasteiger partial charge in [0, 0.05) is 37.5 Å². The quantitative estimate of drug-likeness (QED) is 0.604. The molecule has 1 aromatic carbocycles. The normalized spacial score (nSPS) is 17.8. The summed E-state index contributed by atoms with van der Waals surface area (Å²) in [5, 5.41) is 0.807. The number of rotatable bonds is 5. The van der Waals surface area contributed by atoms with Gasteiger partial charge in [0.25, 0.3) is 5.56 Å². The molecule has 3 aromatic rings. The van der Waals surface area contributed by atoms with Crippen LogP contribution in [0.1, 0.15) is 41.1 Å². The van der Waals surface area contributed by atoms with Gasteiger partial charge in [-0.1, -0.05) is 6.07 Å². The van der Waals surface area contributed by atoms with Crippen molar-refractivity contribution in [3.05, 3.63) is 50.4 Å². The number of carbonyl (C=O) groups excluding carboxylic acids is 1. The molecule has 0 bridgehead atoms. The molecular weight excluding hydrogens is 452 g/mol. The minimum absolute atomic E-state index is 0.00303. The van der Waals surface area contributed by atoms with Gasteiger partial charge in [-0.3, -0.25) is 14.5 Å². The molecular formula is C25H28N4O4S. The number of thiophene rings is 1. The van der Waals surface area contributed by atoms with E-state index in [0.29, 0.717) is 32.5 Å². The Balaban J connectivity index is 1.04. The second-order valence-electron chi connectivity index (χ2n) is 9.25. The average Bonchev–Trinajstić information content (AvgIpc) is 3.47. The van der Waals surface area contributed by atoms with Crippen LogP contribution in [-0.4, -0.2) is 58.6 Å². The van der Waals surface area contributed by atoms with Gasteiger partial charge in [-0.05, 0) is 55.4 Å². The van der Waals surface area contributed by atoms with Crippen LogP contribution in [0, 0.1) is 0 Å². The summed E-state index contributed by atoms with van der Waals surface area (Å²) in [6.45, 7) is 3.80. The lowest BCUT2D eigenvalue weighted by molar-refractivity contribution is -0.133. The standard InChI is InChI=1S/C25H28N4O4S/c30-22(8-6-16-5-7-18-19(13-16)33-15-32-18)29-11-9-28(10-12-29)14-21-26-24(31)23-17-3-1-2-4-20(17)34-25(23)27-21/h5,7,13H,1-4,6,8-12,14-15H2,(H,26,27,31). The molecule has 3 aliphatic rings. The highest BCUT2D eigenvalue weighted by molar-refractivity contribution is 7.18. The SMILES string of the molecule is O=C(CCc1ccc2c(c1)OCO2)N1CCN(Cc2nc3sc4c(c3c(=O)[nH]2)CCCC4)CC1. The second kappa shape index (κ2) is 9.03. The number of piperazine rings is 1. The molecule has 178 valence electrons. The molecule has 0 unspecified atom stereocenters. The predicted molar refractivity (Wildman–Crippen MR) is 130 cm³/mol. The van der Waals surface area contributed by atoms with Crippen LogP contribution in [0.25, 0.3) is 10.2 Å². The molecule has 1 amide bonds. The van der Waals surface area contributed by atoms with Crippen LogP contribution in [0.2, 0.25) is 0 Å². The van der Waals surface area contributed by atoms with Crippen LogP contribution in [-0.2, 0) is 30.6 Å². The summed E-state index contributed by atoms with van der Waals surface area (Å²) in [7, 11) is 0. The number of aryl methyl sites for hydroxylation is 3. The summed E-state index contributed by atoms with van der Waals surface area (Å²) in [6, 6.07) is 5.86. The number of carbonyl (C=O) groups is 1. The molecule has 1 aliphatic carbocycles. The minimum atomic E-state index is -0.00303. The lowest BCUT2D eigenvalue weighted by atomic mass is 9.97. The Morgan fingerprint density at radius 3 is 2.79 bits per heavy atom. The zero-order chi connectivity index (χ0) is 23.1. The number of hydrogen-bond acceptors (Lipinski definition) is 7. The van der Waals surface area contributed by atoms with Gasteiger partial charge in [0.05, 0.1) is 11.9 Å². The van der Waals surface area contributed by atoms with Crippen molar-refractivity contribution in [1.82, 2.24) is 19.8 Å². The molecule has 0 radical (unpaired) electrons. The van der Waals surface area contributed by atoms with Gasteiger partial charge in [-0.25, -0.2) is 4.98 Å². The fraction of sp³-hybridized carbons (Fsp3) is 0.480. The fourth-order valence-corrected chi connectivity index (χ4v) is 6.44. The number of aromatic amines is 1. The zero-order valence-electron chi connectivity index (χ0n) is 19.1. The summed E-state index contributed by atoms with van der Waals surface area (Å²) in [4.78, 5) is 39.8. The van der Waals surface area contributed by atoms with E-state index in [-0.39, 0.29) is 18.3 Å². The van der Waals surface area contributed by atoms with E-state index in [1.807, 2.05) is 23.1 Å². The maximum absolute atomic E-state index is 12.8. The largest absolute Gasteiger partial charge is 0.454 e. The van der Waals surface area contributed by atoms with E-state index in [1.54, 1.807) is 11.3 Å². The van der Waals surface area contributed by atoms with Gasteiger partial charge in [0.2, 0.25) is 12.7 Å². The van der Waals surface area contributed by atoms with E-state index >= 15 is 0 Å². The highest BCUT2D eigenvalue weighted by Gasteiger charge is 2.24. The number of amides is 1. The van der Waals surface area contributed by atoms with Gasteiger partial charge < -0.3 is 19.4 Å².